The van der Waals surface area contributed by atoms with Crippen molar-refractivity contribution in [3.05, 3.63) is 54.6 Å². The molecule has 1 aromatic heterocycles. The lowest BCUT2D eigenvalue weighted by atomic mass is 9.84. The molecule has 0 saturated heterocycles. The summed E-state index contributed by atoms with van der Waals surface area (Å²) in [7, 11) is -4.21. The summed E-state index contributed by atoms with van der Waals surface area (Å²) < 4.78 is 26.7. The van der Waals surface area contributed by atoms with Crippen LogP contribution in [0.25, 0.3) is 0 Å². The summed E-state index contributed by atoms with van der Waals surface area (Å²) >= 11 is 0. The molecule has 57 heavy (non-hydrogen) atoms. The van der Waals surface area contributed by atoms with Crippen LogP contribution in [0.4, 0.5) is 0 Å². The molecule has 17 nitrogen and oxygen atoms in total. The first-order chi connectivity index (χ1) is 27.1. The molecule has 0 radical (unpaired) electrons. The second kappa shape index (κ2) is 22.5. The van der Waals surface area contributed by atoms with E-state index in [-0.39, 0.29) is 41.7 Å². The Kier molecular flexibility index (Phi) is 18.2. The first-order valence-electron chi connectivity index (χ1n) is 19.5. The molecule has 6 N–H and O–H groups in total. The van der Waals surface area contributed by atoms with Crippen LogP contribution in [0.5, 0.6) is 0 Å². The van der Waals surface area contributed by atoms with Crippen molar-refractivity contribution in [3.8, 4) is 0 Å². The number of hydrogen-bond acceptors (Lipinski definition) is 11. The second-order valence-corrected chi connectivity index (χ2v) is 16.5. The van der Waals surface area contributed by atoms with Crippen LogP contribution in [0.15, 0.2) is 53.8 Å². The molecule has 1 heterocycles. The molecule has 6 amide bonds. The lowest BCUT2D eigenvalue weighted by Gasteiger charge is -2.31. The number of hydrogen-bond donors (Lipinski definition) is 6. The number of nitrogens with one attached hydrogen (secondary N) is 6. The quantitative estimate of drug-likeness (QED) is 0.0990. The van der Waals surface area contributed by atoms with Crippen molar-refractivity contribution < 1.29 is 42.0 Å². The Morgan fingerprint density at radius 1 is 0.772 bits per heavy atom. The van der Waals surface area contributed by atoms with Crippen molar-refractivity contribution in [3.63, 3.8) is 0 Å². The summed E-state index contributed by atoms with van der Waals surface area (Å²) in [5, 5.41) is 13.0. The number of carbonyl (C=O) groups excluding carboxylic acids is 7. The van der Waals surface area contributed by atoms with E-state index in [1.807, 2.05) is 25.5 Å². The molecule has 2 unspecified atom stereocenters. The van der Waals surface area contributed by atoms with Crippen LogP contribution in [-0.2, 0) is 38.8 Å². The topological polar surface area (TPSA) is 252 Å². The Balaban J connectivity index is 1.73. The Morgan fingerprint density at radius 2 is 1.42 bits per heavy atom. The van der Waals surface area contributed by atoms with Gasteiger partial charge in [-0.05, 0) is 49.1 Å². The van der Waals surface area contributed by atoms with Crippen LogP contribution in [0, 0.1) is 17.8 Å². The number of Topliss-reactive ketones (excluding diaryl/α,β-unsaturated/α-hetero) is 1. The average Bonchev–Trinajstić information content (AvgIpc) is 3.20. The molecule has 1 aromatic carbocycles. The molecule has 1 aliphatic carbocycles. The summed E-state index contributed by atoms with van der Waals surface area (Å²) in [4.78, 5) is 101. The molecule has 1 aliphatic rings. The largest absolute Gasteiger partial charge is 0.344 e. The number of rotatable bonds is 21. The number of sulfonamides is 1. The van der Waals surface area contributed by atoms with Gasteiger partial charge in [-0.25, -0.2) is 18.1 Å². The van der Waals surface area contributed by atoms with Gasteiger partial charge in [-0.2, -0.15) is 0 Å². The highest BCUT2D eigenvalue weighted by molar-refractivity contribution is 7.90. The van der Waals surface area contributed by atoms with Crippen LogP contribution < -0.4 is 31.3 Å². The third-order valence-corrected chi connectivity index (χ3v) is 11.2. The van der Waals surface area contributed by atoms with Gasteiger partial charge in [-0.3, -0.25) is 38.5 Å². The zero-order chi connectivity index (χ0) is 42.1. The highest BCUT2D eigenvalue weighted by Gasteiger charge is 2.35. The molecule has 1 saturated carbocycles. The molecule has 312 valence electrons. The minimum Gasteiger partial charge on any atom is -0.344 e. The predicted octanol–water partition coefficient (Wildman–Crippen LogP) is 1.69. The number of carbonyl (C=O) groups is 7. The van der Waals surface area contributed by atoms with Gasteiger partial charge in [-0.15, -0.1) is 0 Å². The number of amides is 6. The zero-order valence-corrected chi connectivity index (χ0v) is 34.0. The molecule has 2 aromatic rings. The van der Waals surface area contributed by atoms with E-state index in [0.717, 1.165) is 32.1 Å². The third kappa shape index (κ3) is 14.6. The van der Waals surface area contributed by atoms with Gasteiger partial charge in [-0.1, -0.05) is 91.3 Å². The van der Waals surface area contributed by atoms with E-state index >= 15 is 0 Å². The Morgan fingerprint density at radius 3 is 2.02 bits per heavy atom. The SMILES string of the molecule is CCC(C)C(NC(=O)[C@H](CC(C)C)NC(=O)c1cnccn1)C(=O)N[C@@H](CC1CCCCC1)C(=O)N[C@@H](CC)C(=O)C(=O)NCC(=O)NS(=O)(=O)c1ccccc1. The molecule has 3 rings (SSSR count). The third-order valence-electron chi connectivity index (χ3n) is 9.82. The lowest BCUT2D eigenvalue weighted by molar-refractivity contribution is -0.141. The molecule has 1 fully saturated rings. The molecule has 0 aliphatic heterocycles. The molecule has 18 heteroatoms. The van der Waals surface area contributed by atoms with Gasteiger partial charge < -0.3 is 26.6 Å². The summed E-state index contributed by atoms with van der Waals surface area (Å²) in [5.41, 5.74) is 0.0213. The number of aromatic nitrogens is 2. The van der Waals surface area contributed by atoms with E-state index in [1.165, 1.54) is 42.9 Å². The highest BCUT2D eigenvalue weighted by atomic mass is 32.2. The van der Waals surface area contributed by atoms with Crippen molar-refractivity contribution in [2.24, 2.45) is 17.8 Å². The number of ketones is 1. The molecular weight excluding hydrogens is 757 g/mol. The van der Waals surface area contributed by atoms with Crippen molar-refractivity contribution in [2.45, 2.75) is 121 Å². The van der Waals surface area contributed by atoms with Gasteiger partial charge in [0.2, 0.25) is 23.5 Å². The first-order valence-corrected chi connectivity index (χ1v) is 20.9. The van der Waals surface area contributed by atoms with Gasteiger partial charge in [0.15, 0.2) is 0 Å². The Hall–Kier alpha value is -5.26. The van der Waals surface area contributed by atoms with Gasteiger partial charge in [0, 0.05) is 12.4 Å². The summed E-state index contributed by atoms with van der Waals surface area (Å²) in [5.74, 6) is -6.23. The molecule has 5 atom stereocenters. The van der Waals surface area contributed by atoms with E-state index in [4.69, 9.17) is 0 Å². The van der Waals surface area contributed by atoms with E-state index in [1.54, 1.807) is 19.9 Å². The first kappa shape index (κ1) is 46.1. The predicted molar refractivity (Wildman–Crippen MR) is 209 cm³/mol. The van der Waals surface area contributed by atoms with Gasteiger partial charge in [0.25, 0.3) is 27.7 Å². The summed E-state index contributed by atoms with van der Waals surface area (Å²) in [6, 6.07) is 2.54. The fraction of sp³-hybridized carbons (Fsp3) is 0.564. The minimum atomic E-state index is -4.21. The maximum atomic E-state index is 14.0. The van der Waals surface area contributed by atoms with E-state index in [2.05, 4.69) is 36.6 Å². The smallest absolute Gasteiger partial charge is 0.290 e. The number of benzene rings is 1. The maximum Gasteiger partial charge on any atom is 0.290 e. The lowest BCUT2D eigenvalue weighted by Crippen LogP contribution is -2.60. The summed E-state index contributed by atoms with van der Waals surface area (Å²) in [6.45, 7) is 8.13. The van der Waals surface area contributed by atoms with E-state index in [9.17, 15) is 42.0 Å². The average molecular weight is 813 g/mol. The molecular formula is C39H56N8O9S. The van der Waals surface area contributed by atoms with Gasteiger partial charge in [0.1, 0.15) is 23.8 Å². The zero-order valence-electron chi connectivity index (χ0n) is 33.2. The Labute approximate surface area is 334 Å². The highest BCUT2D eigenvalue weighted by Crippen LogP contribution is 2.27. The van der Waals surface area contributed by atoms with E-state index in [0.29, 0.717) is 6.42 Å². The van der Waals surface area contributed by atoms with Crippen molar-refractivity contribution in [1.82, 2.24) is 41.3 Å². The van der Waals surface area contributed by atoms with Crippen molar-refractivity contribution in [1.29, 1.82) is 0 Å². The van der Waals surface area contributed by atoms with Gasteiger partial charge in [0.05, 0.1) is 23.7 Å². The monoisotopic (exact) mass is 812 g/mol. The standard InChI is InChI=1S/C39H56N8O9S/c1-6-25(5)33(46-36(51)29(20-24(3)4)44-37(52)31-22-40-18-19-41-31)38(53)45-30(21-26-14-10-8-11-15-26)35(50)43-28(7-2)34(49)39(54)42-23-32(48)47-57(55,56)27-16-12-9-13-17-27/h9,12-13,16-19,22,24-26,28-30,33H,6-8,10-11,14-15,20-21,23H2,1-5H3,(H,42,54)(H,43,50)(H,44,52)(H,45,53)(H,46,51)(H,47,48)/t25?,28-,29-,30-,33?/m0/s1. The maximum absolute atomic E-state index is 14.0. The van der Waals surface area contributed by atoms with Crippen LogP contribution in [0.1, 0.15) is 103 Å². The van der Waals surface area contributed by atoms with Crippen LogP contribution in [0.2, 0.25) is 0 Å². The second-order valence-electron chi connectivity index (χ2n) is 14.8. The van der Waals surface area contributed by atoms with E-state index < -0.39 is 87.9 Å². The van der Waals surface area contributed by atoms with Crippen molar-refractivity contribution >= 4 is 51.2 Å². The molecule has 0 bridgehead atoms. The van der Waals surface area contributed by atoms with Crippen LogP contribution in [0.3, 0.4) is 0 Å². The summed E-state index contributed by atoms with van der Waals surface area (Å²) in [6.07, 6.45) is 9.62. The minimum absolute atomic E-state index is 0.00778. The number of nitrogens with zero attached hydrogens (tertiary/aromatic N) is 2. The fourth-order valence-corrected chi connectivity index (χ4v) is 7.44. The fourth-order valence-electron chi connectivity index (χ4n) is 6.43. The Bertz CT molecular complexity index is 1810. The van der Waals surface area contributed by atoms with Crippen LogP contribution in [-0.4, -0.2) is 90.3 Å². The van der Waals surface area contributed by atoms with Crippen LogP contribution >= 0.6 is 0 Å². The van der Waals surface area contributed by atoms with Crippen molar-refractivity contribution in [2.75, 3.05) is 6.54 Å². The molecule has 0 spiro atoms. The normalized spacial score (nSPS) is 15.8. The van der Waals surface area contributed by atoms with Gasteiger partial charge >= 0.3 is 0 Å².